The first-order chi connectivity index (χ1) is 55.4. The molecule has 0 spiro atoms. The quantitative estimate of drug-likeness (QED) is 0.00983. The van der Waals surface area contributed by atoms with E-state index >= 15 is 14.4 Å². The highest BCUT2D eigenvalue weighted by atomic mass is 32.2. The number of hydrogen-bond acceptors (Lipinski definition) is 22. The van der Waals surface area contributed by atoms with E-state index < -0.39 is 206 Å². The Morgan fingerprint density at radius 3 is 1.65 bits per heavy atom. The van der Waals surface area contributed by atoms with Gasteiger partial charge in [0.05, 0.1) is 31.8 Å². The number of carboxylic acid groups (broad SMARTS) is 1. The number of benzene rings is 3. The Morgan fingerprint density at radius 1 is 0.578 bits per heavy atom. The van der Waals surface area contributed by atoms with Gasteiger partial charge in [-0.05, 0) is 118 Å². The van der Waals surface area contributed by atoms with Gasteiger partial charge in [0.2, 0.25) is 82.7 Å². The fraction of sp³-hybridized carbons (Fsp3) is 0.480. The van der Waals surface area contributed by atoms with Crippen LogP contribution in [-0.4, -0.2) is 259 Å². The van der Waals surface area contributed by atoms with Gasteiger partial charge >= 0.3 is 5.97 Å². The van der Waals surface area contributed by atoms with Gasteiger partial charge in [-0.1, -0.05) is 60.7 Å². The summed E-state index contributed by atoms with van der Waals surface area (Å²) in [6, 6.07) is 2.90. The van der Waals surface area contributed by atoms with E-state index in [4.69, 9.17) is 22.6 Å². The summed E-state index contributed by atoms with van der Waals surface area (Å²) < 4.78 is 0. The number of amides is 14. The number of aliphatic hydroxyl groups excluding tert-OH is 2. The average molecular weight is 1640 g/mol. The standard InChI is InChI=1S/C75H105N21O19S/c1-41(63(77)104)85-73(114)60-19-12-29-96(60)74(115)53(17-9-10-27-76)87-61(101)37-83-64(105)56(33-45-35-82-49-16-8-7-15-48(45)49)93-65(106)50(18-11-28-81-75(78)79)88-68(109)54(31-43-13-5-4-6-14-43)91-70(111)57(34-46-36-80-40-84-46)94-66(107)51(24-25-62(102)103)89-67(108)52(26-30-116-3)90-72(113)59(39-98)95-69(110)55(32-44-20-22-47(100)23-21-44)92-71(112)58(38-97)86-42(2)99/h4-8,13-16,20-23,35-36,40-41,50-60,82,97-98,100H,9-12,17-19,24-34,37-39,76H2,1-3H3,(H2,77,104)(H,80,84)(H,83,105)(H,85,114)(H,86,99)(H,87,101)(H,88,109)(H,89,108)(H,90,113)(H,91,111)(H,92,112)(H,93,106)(H,94,107)(H,95,110)(H,102,103)(H4,78,79,81)/t41-,50-,51-,52-,53-,54-,55-,56-,57-,58-,59-,60-/m0/s1. The van der Waals surface area contributed by atoms with Crippen molar-refractivity contribution in [2.75, 3.05) is 51.4 Å². The molecule has 6 rings (SSSR count). The molecule has 0 aliphatic carbocycles. The van der Waals surface area contributed by atoms with Crippen LogP contribution in [0.5, 0.6) is 5.75 Å². The highest BCUT2D eigenvalue weighted by Gasteiger charge is 2.40. The summed E-state index contributed by atoms with van der Waals surface area (Å²) in [6.07, 6.45) is 4.68. The number of para-hydroxylation sites is 1. The molecule has 2 aromatic heterocycles. The number of guanidine groups is 1. The molecule has 5 aromatic rings. The monoisotopic (exact) mass is 1640 g/mol. The third-order valence-electron chi connectivity index (χ3n) is 18.7. The topological polar surface area (TPSA) is 643 Å². The third-order valence-corrected chi connectivity index (χ3v) is 19.4. The summed E-state index contributed by atoms with van der Waals surface area (Å²) in [5.41, 5.74) is 19.0. The molecule has 1 fully saturated rings. The third kappa shape index (κ3) is 30.3. The molecule has 116 heavy (non-hydrogen) atoms. The Kier molecular flexibility index (Phi) is 37.9. The number of imidazole rings is 1. The average Bonchev–Trinajstić information content (AvgIpc) is 1.69. The van der Waals surface area contributed by atoms with Crippen LogP contribution < -0.4 is 86.3 Å². The van der Waals surface area contributed by atoms with Crippen molar-refractivity contribution in [1.29, 1.82) is 5.41 Å². The number of carbonyl (C=O) groups is 15. The number of aromatic nitrogens is 3. The van der Waals surface area contributed by atoms with Crippen LogP contribution in [0.1, 0.15) is 100 Å². The molecule has 3 heterocycles. The fourth-order valence-electron chi connectivity index (χ4n) is 12.5. The number of likely N-dealkylation sites (tertiary alicyclic amines) is 1. The van der Waals surface area contributed by atoms with E-state index in [0.29, 0.717) is 46.9 Å². The Balaban J connectivity index is 1.25. The molecule has 1 aliphatic rings. The Hall–Kier alpha value is -12.2. The smallest absolute Gasteiger partial charge is 0.303 e. The van der Waals surface area contributed by atoms with Crippen LogP contribution >= 0.6 is 11.8 Å². The van der Waals surface area contributed by atoms with E-state index in [-0.39, 0.29) is 88.2 Å². The molecule has 3 aromatic carbocycles. The number of fused-ring (bicyclic) bond motifs is 1. The number of H-pyrrole nitrogens is 2. The summed E-state index contributed by atoms with van der Waals surface area (Å²) in [4.78, 5) is 219. The maximum Gasteiger partial charge on any atom is 0.303 e. The van der Waals surface area contributed by atoms with Crippen LogP contribution in [0.4, 0.5) is 0 Å². The molecule has 40 nitrogen and oxygen atoms in total. The molecule has 12 atom stereocenters. The van der Waals surface area contributed by atoms with Crippen LogP contribution in [0, 0.1) is 5.41 Å². The summed E-state index contributed by atoms with van der Waals surface area (Å²) >= 11 is 1.23. The Bertz CT molecular complexity index is 4190. The number of phenols is 1. The van der Waals surface area contributed by atoms with Crippen LogP contribution in [0.2, 0.25) is 0 Å². The number of carboxylic acids is 1. The van der Waals surface area contributed by atoms with Crippen molar-refractivity contribution in [2.24, 2.45) is 17.2 Å². The summed E-state index contributed by atoms with van der Waals surface area (Å²) in [5.74, 6) is -14.6. The van der Waals surface area contributed by atoms with Gasteiger partial charge in [0.1, 0.15) is 78.3 Å². The van der Waals surface area contributed by atoms with Crippen LogP contribution in [0.3, 0.4) is 0 Å². The van der Waals surface area contributed by atoms with Gasteiger partial charge in [0.15, 0.2) is 5.96 Å². The van der Waals surface area contributed by atoms with Gasteiger partial charge in [0.25, 0.3) is 0 Å². The SMILES string of the molecule is CSCC[C@H](NC(=O)[C@H](CO)NC(=O)[C@H](Cc1ccc(O)cc1)NC(=O)[C@H](CO)NC(C)=O)C(=O)N[C@@H](CCC(=O)O)C(=O)N[C@@H](Cc1c[nH]cn1)C(=O)N[C@@H](Cc1ccccc1)C(=O)N[C@@H](CCCNC(=N)N)C(=O)N[C@@H](Cc1c[nH]c2ccccc12)C(=O)NCC(=O)N[C@@H](CCCCN)C(=O)N1CCC[C@H]1C(=O)N[C@@H](C)C(N)=O. The number of rotatable bonds is 49. The number of primary amides is 1. The van der Waals surface area contributed by atoms with E-state index in [0.717, 1.165) is 6.92 Å². The van der Waals surface area contributed by atoms with E-state index in [1.807, 2.05) is 0 Å². The number of carbonyl (C=O) groups excluding carboxylic acids is 14. The molecule has 1 saturated heterocycles. The first-order valence-corrected chi connectivity index (χ1v) is 39.0. The van der Waals surface area contributed by atoms with Crippen molar-refractivity contribution in [1.82, 2.24) is 89.0 Å². The highest BCUT2D eigenvalue weighted by Crippen LogP contribution is 2.23. The second-order valence-corrected chi connectivity index (χ2v) is 28.6. The number of unbranched alkanes of at least 4 members (excludes halogenated alkanes) is 1. The zero-order valence-corrected chi connectivity index (χ0v) is 65.3. The van der Waals surface area contributed by atoms with Crippen molar-refractivity contribution in [2.45, 2.75) is 176 Å². The molecule has 26 N–H and O–H groups in total. The zero-order chi connectivity index (χ0) is 85.0. The van der Waals surface area contributed by atoms with Gasteiger partial charge < -0.3 is 122 Å². The minimum absolute atomic E-state index is 0.00472. The van der Waals surface area contributed by atoms with Crippen LogP contribution in [0.15, 0.2) is 97.6 Å². The number of phenolic OH excluding ortho intramolecular Hbond substituents is 1. The molecule has 41 heteroatoms. The second-order valence-electron chi connectivity index (χ2n) is 27.6. The molecule has 1 aliphatic heterocycles. The van der Waals surface area contributed by atoms with Crippen LogP contribution in [-0.2, 0) is 97.6 Å². The molecule has 0 radical (unpaired) electrons. The molecule has 630 valence electrons. The molecule has 0 saturated carbocycles. The van der Waals surface area contributed by atoms with Gasteiger partial charge in [-0.2, -0.15) is 11.8 Å². The van der Waals surface area contributed by atoms with Gasteiger partial charge in [0, 0.05) is 75.4 Å². The Labute approximate surface area is 671 Å². The zero-order valence-electron chi connectivity index (χ0n) is 64.5. The summed E-state index contributed by atoms with van der Waals surface area (Å²) in [7, 11) is 0. The van der Waals surface area contributed by atoms with Crippen molar-refractivity contribution >= 4 is 117 Å². The second kappa shape index (κ2) is 47.4. The van der Waals surface area contributed by atoms with Crippen molar-refractivity contribution in [3.05, 3.63) is 120 Å². The number of aliphatic carboxylic acids is 1. The Morgan fingerprint density at radius 2 is 1.09 bits per heavy atom. The number of thioether (sulfide) groups is 1. The number of nitrogens with zero attached hydrogens (tertiary/aromatic N) is 2. The maximum atomic E-state index is 15.1. The van der Waals surface area contributed by atoms with E-state index in [1.54, 1.807) is 67.0 Å². The molecular formula is C75H105N21O19S. The highest BCUT2D eigenvalue weighted by molar-refractivity contribution is 7.98. The lowest BCUT2D eigenvalue weighted by Crippen LogP contribution is -2.61. The minimum atomic E-state index is -1.84. The molecule has 0 bridgehead atoms. The molecule has 0 unspecified atom stereocenters. The molecular weight excluding hydrogens is 1530 g/mol. The lowest BCUT2D eigenvalue weighted by molar-refractivity contribution is -0.142. The number of nitrogens with two attached hydrogens (primary N) is 3. The number of aromatic amines is 2. The number of aliphatic hydroxyl groups is 2. The van der Waals surface area contributed by atoms with E-state index in [2.05, 4.69) is 84.1 Å². The van der Waals surface area contributed by atoms with Crippen molar-refractivity contribution < 1.29 is 92.3 Å². The first kappa shape index (κ1) is 92.6. The van der Waals surface area contributed by atoms with Gasteiger partial charge in [-0.25, -0.2) is 4.98 Å². The van der Waals surface area contributed by atoms with Crippen molar-refractivity contribution in [3.63, 3.8) is 0 Å². The lowest BCUT2D eigenvalue weighted by atomic mass is 10.0. The largest absolute Gasteiger partial charge is 0.508 e. The summed E-state index contributed by atoms with van der Waals surface area (Å²) in [5, 5.41) is 81.6. The predicted octanol–water partition coefficient (Wildman–Crippen LogP) is -5.17. The van der Waals surface area contributed by atoms with E-state index in [1.165, 1.54) is 60.4 Å². The van der Waals surface area contributed by atoms with E-state index in [9.17, 15) is 78.0 Å². The maximum absolute atomic E-state index is 15.1. The predicted molar refractivity (Wildman–Crippen MR) is 422 cm³/mol. The number of aromatic hydroxyl groups is 1. The number of hydrogen-bond donors (Lipinski definition) is 23. The van der Waals surface area contributed by atoms with Crippen molar-refractivity contribution in [3.8, 4) is 5.75 Å². The number of nitrogens with one attached hydrogen (secondary N) is 16. The fourth-order valence-corrected chi connectivity index (χ4v) is 13.0. The molecule has 14 amide bonds. The normalized spacial score (nSPS) is 15.2. The van der Waals surface area contributed by atoms with Gasteiger partial charge in [-0.15, -0.1) is 0 Å². The minimum Gasteiger partial charge on any atom is -0.508 e. The first-order valence-electron chi connectivity index (χ1n) is 37.6. The lowest BCUT2D eigenvalue weighted by Gasteiger charge is -2.29. The van der Waals surface area contributed by atoms with Crippen LogP contribution in [0.25, 0.3) is 10.9 Å². The summed E-state index contributed by atoms with van der Waals surface area (Å²) in [6.45, 7) is 0.197. The van der Waals surface area contributed by atoms with Gasteiger partial charge in [-0.3, -0.25) is 77.3 Å².